The molecule has 0 N–H and O–H groups in total. The Morgan fingerprint density at radius 1 is 1.12 bits per heavy atom. The normalized spacial score (nSPS) is 10.7. The number of hydrogen-bond donors (Lipinski definition) is 0. The average Bonchev–Trinajstić information content (AvgIpc) is 2.68. The summed E-state index contributed by atoms with van der Waals surface area (Å²) in [5.74, 6) is 0.810. The average molecular weight is 352 g/mol. The molecule has 2 heteroatoms. The van der Waals surface area contributed by atoms with Crippen LogP contribution in [0.2, 0.25) is 0 Å². The van der Waals surface area contributed by atoms with Gasteiger partial charge >= 0.3 is 0 Å². The van der Waals surface area contributed by atoms with Crippen molar-refractivity contribution in [2.45, 2.75) is 53.4 Å². The van der Waals surface area contributed by atoms with Gasteiger partial charge in [-0.05, 0) is 61.1 Å². The van der Waals surface area contributed by atoms with E-state index in [0.29, 0.717) is 0 Å². The van der Waals surface area contributed by atoms with E-state index in [1.54, 1.807) is 13.3 Å². The van der Waals surface area contributed by atoms with Crippen LogP contribution in [0, 0.1) is 6.92 Å². The lowest BCUT2D eigenvalue weighted by Crippen LogP contribution is -1.96. The molecule has 1 heterocycles. The molecule has 0 bridgehead atoms. The van der Waals surface area contributed by atoms with Crippen molar-refractivity contribution in [2.75, 3.05) is 7.11 Å². The van der Waals surface area contributed by atoms with Crippen molar-refractivity contribution in [1.82, 2.24) is 4.98 Å². The van der Waals surface area contributed by atoms with Gasteiger partial charge in [0.25, 0.3) is 0 Å². The van der Waals surface area contributed by atoms with E-state index < -0.39 is 0 Å². The molecule has 1 aromatic carbocycles. The molecule has 0 spiro atoms. The minimum atomic E-state index is 0.810. The summed E-state index contributed by atoms with van der Waals surface area (Å²) < 4.78 is 5.55. The Kier molecular flexibility index (Phi) is 10.1. The first kappa shape index (κ1) is 21.7. The van der Waals surface area contributed by atoms with Gasteiger partial charge in [-0.1, -0.05) is 58.0 Å². The Balaban J connectivity index is 0.00000163. The molecule has 26 heavy (non-hydrogen) atoms. The zero-order valence-electron chi connectivity index (χ0n) is 17.0. The summed E-state index contributed by atoms with van der Waals surface area (Å²) in [6, 6.07) is 12.8. The zero-order chi connectivity index (χ0) is 19.4. The quantitative estimate of drug-likeness (QED) is 0.397. The summed E-state index contributed by atoms with van der Waals surface area (Å²) in [5, 5.41) is 0. The smallest absolute Gasteiger partial charge is 0.128 e. The van der Waals surface area contributed by atoms with Crippen LogP contribution < -0.4 is 0 Å². The molecule has 0 saturated carbocycles. The summed E-state index contributed by atoms with van der Waals surface area (Å²) in [6.45, 7) is 12.4. The first-order chi connectivity index (χ1) is 12.6. The van der Waals surface area contributed by atoms with Crippen LogP contribution >= 0.6 is 0 Å². The molecule has 0 atom stereocenters. The highest BCUT2D eigenvalue weighted by Gasteiger charge is 2.06. The molecule has 0 amide bonds. The molecule has 2 rings (SSSR count). The highest BCUT2D eigenvalue weighted by Crippen LogP contribution is 2.21. The van der Waals surface area contributed by atoms with Gasteiger partial charge in [-0.3, -0.25) is 4.98 Å². The van der Waals surface area contributed by atoms with Crippen LogP contribution in [0.1, 0.15) is 56.0 Å². The maximum absolute atomic E-state index is 5.55. The summed E-state index contributed by atoms with van der Waals surface area (Å²) in [6.07, 6.45) is 8.26. The molecule has 2 nitrogen and oxygen atoms in total. The fraction of sp³-hybridized carbons (Fsp3) is 0.375. The monoisotopic (exact) mass is 351 g/mol. The number of hydrogen-bond acceptors (Lipinski definition) is 2. The number of benzene rings is 1. The van der Waals surface area contributed by atoms with Crippen LogP contribution in [0.5, 0.6) is 0 Å². The van der Waals surface area contributed by atoms with Crippen LogP contribution in [0.15, 0.2) is 60.8 Å². The molecule has 0 saturated heterocycles. The molecule has 2 aromatic rings. The largest absolute Gasteiger partial charge is 0.496 e. The van der Waals surface area contributed by atoms with Crippen molar-refractivity contribution in [2.24, 2.45) is 0 Å². The second kappa shape index (κ2) is 12.1. The Bertz CT molecular complexity index is 698. The summed E-state index contributed by atoms with van der Waals surface area (Å²) in [7, 11) is 1.69. The van der Waals surface area contributed by atoms with Gasteiger partial charge in [-0.2, -0.15) is 0 Å². The number of nitrogens with zero attached hydrogens (tertiary/aromatic N) is 1. The number of ether oxygens (including phenoxy) is 1. The fourth-order valence-corrected chi connectivity index (χ4v) is 2.69. The number of aromatic nitrogens is 1. The van der Waals surface area contributed by atoms with Gasteiger partial charge in [0, 0.05) is 17.5 Å². The van der Waals surface area contributed by atoms with Gasteiger partial charge in [-0.25, -0.2) is 0 Å². The van der Waals surface area contributed by atoms with Crippen molar-refractivity contribution in [1.29, 1.82) is 0 Å². The lowest BCUT2D eigenvalue weighted by atomic mass is 10.0. The molecule has 1 aromatic heterocycles. The Hall–Kier alpha value is -2.35. The van der Waals surface area contributed by atoms with Gasteiger partial charge in [0.2, 0.25) is 0 Å². The SMILES string of the molecule is C=C(/C=C(\OC)c1cccnc1C)Cc1ccc(CCCC)cc1.CC. The van der Waals surface area contributed by atoms with E-state index in [0.717, 1.165) is 35.4 Å². The lowest BCUT2D eigenvalue weighted by molar-refractivity contribution is 0.369. The Labute approximate surface area is 159 Å². The second-order valence-corrected chi connectivity index (χ2v) is 6.10. The molecular formula is C24H33NO. The third-order valence-corrected chi connectivity index (χ3v) is 4.10. The third-order valence-electron chi connectivity index (χ3n) is 4.10. The topological polar surface area (TPSA) is 22.1 Å². The molecule has 0 fully saturated rings. The molecule has 0 unspecified atom stereocenters. The van der Waals surface area contributed by atoms with Crippen LogP contribution in [-0.2, 0) is 17.6 Å². The van der Waals surface area contributed by atoms with E-state index in [1.807, 2.05) is 39.0 Å². The summed E-state index contributed by atoms with van der Waals surface area (Å²) in [5.41, 5.74) is 5.67. The van der Waals surface area contributed by atoms with Crippen molar-refractivity contribution in [3.05, 3.63) is 83.2 Å². The number of unbranched alkanes of at least 4 members (excludes halogenated alkanes) is 1. The molecule has 0 aliphatic carbocycles. The van der Waals surface area contributed by atoms with E-state index in [-0.39, 0.29) is 0 Å². The van der Waals surface area contributed by atoms with Gasteiger partial charge in [-0.15, -0.1) is 0 Å². The van der Waals surface area contributed by atoms with Crippen molar-refractivity contribution < 1.29 is 4.74 Å². The molecule has 0 aliphatic rings. The first-order valence-corrected chi connectivity index (χ1v) is 9.57. The van der Waals surface area contributed by atoms with Crippen molar-refractivity contribution >= 4 is 5.76 Å². The van der Waals surface area contributed by atoms with E-state index in [1.165, 1.54) is 24.0 Å². The summed E-state index contributed by atoms with van der Waals surface area (Å²) >= 11 is 0. The van der Waals surface area contributed by atoms with Crippen molar-refractivity contribution in [3.8, 4) is 0 Å². The van der Waals surface area contributed by atoms with Crippen LogP contribution in [-0.4, -0.2) is 12.1 Å². The fourth-order valence-electron chi connectivity index (χ4n) is 2.69. The van der Waals surface area contributed by atoms with E-state index >= 15 is 0 Å². The second-order valence-electron chi connectivity index (χ2n) is 6.10. The van der Waals surface area contributed by atoms with E-state index in [2.05, 4.69) is 42.8 Å². The maximum atomic E-state index is 5.55. The van der Waals surface area contributed by atoms with E-state index in [4.69, 9.17) is 4.74 Å². The van der Waals surface area contributed by atoms with Gasteiger partial charge in [0.05, 0.1) is 7.11 Å². The first-order valence-electron chi connectivity index (χ1n) is 9.57. The maximum Gasteiger partial charge on any atom is 0.128 e. The molecule has 0 aliphatic heterocycles. The number of methoxy groups -OCH3 is 1. The minimum Gasteiger partial charge on any atom is -0.496 e. The molecular weight excluding hydrogens is 318 g/mol. The van der Waals surface area contributed by atoms with Gasteiger partial charge in [0.15, 0.2) is 0 Å². The van der Waals surface area contributed by atoms with Crippen LogP contribution in [0.4, 0.5) is 0 Å². The number of pyridine rings is 1. The van der Waals surface area contributed by atoms with Crippen LogP contribution in [0.25, 0.3) is 5.76 Å². The van der Waals surface area contributed by atoms with E-state index in [9.17, 15) is 0 Å². The van der Waals surface area contributed by atoms with Crippen molar-refractivity contribution in [3.63, 3.8) is 0 Å². The third kappa shape index (κ3) is 6.87. The predicted molar refractivity (Wildman–Crippen MR) is 113 cm³/mol. The number of allylic oxidation sites excluding steroid dienone is 2. The standard InChI is InChI=1S/C22H27NO.C2H6/c1-5-6-8-19-10-12-20(13-11-19)15-17(2)16-22(24-4)21-9-7-14-23-18(21)3;1-2/h7,9-14,16H,2,5-6,8,15H2,1,3-4H3;1-2H3/b22-16-;. The number of aryl methyl sites for hydroxylation is 2. The van der Waals surface area contributed by atoms with Gasteiger partial charge in [0.1, 0.15) is 5.76 Å². The lowest BCUT2D eigenvalue weighted by Gasteiger charge is -2.10. The van der Waals surface area contributed by atoms with Gasteiger partial charge < -0.3 is 4.74 Å². The van der Waals surface area contributed by atoms with Crippen LogP contribution in [0.3, 0.4) is 0 Å². The summed E-state index contributed by atoms with van der Waals surface area (Å²) in [4.78, 5) is 4.32. The highest BCUT2D eigenvalue weighted by molar-refractivity contribution is 5.64. The predicted octanol–water partition coefficient (Wildman–Crippen LogP) is 6.55. The zero-order valence-corrected chi connectivity index (χ0v) is 17.0. The number of rotatable bonds is 8. The molecule has 0 radical (unpaired) electrons. The molecule has 140 valence electrons. The Morgan fingerprint density at radius 2 is 1.77 bits per heavy atom. The minimum absolute atomic E-state index is 0.810. The highest BCUT2D eigenvalue weighted by atomic mass is 16.5. The Morgan fingerprint density at radius 3 is 2.35 bits per heavy atom.